The van der Waals surface area contributed by atoms with Crippen LogP contribution in [0.3, 0.4) is 0 Å². The number of hydrogen-bond acceptors (Lipinski definition) is 4. The molecule has 4 aromatic heterocycles. The van der Waals surface area contributed by atoms with Gasteiger partial charge < -0.3 is 0 Å². The number of rotatable bonds is 4. The molecule has 268 valence electrons. The summed E-state index contributed by atoms with van der Waals surface area (Å²) in [6.45, 7) is 0. The Balaban J connectivity index is 0.910. The summed E-state index contributed by atoms with van der Waals surface area (Å²) >= 11 is 0. The van der Waals surface area contributed by atoms with Crippen molar-refractivity contribution in [3.8, 4) is 44.9 Å². The Bertz CT molecular complexity index is 3650. The van der Waals surface area contributed by atoms with E-state index in [-0.39, 0.29) is 0 Å². The number of aromatic nitrogens is 4. The van der Waals surface area contributed by atoms with Crippen molar-refractivity contribution in [1.82, 2.24) is 19.9 Å². The molecular formula is C54H32N4. The molecule has 8 aromatic carbocycles. The smallest absolute Gasteiger partial charge is 0.0972 e. The fraction of sp³-hybridized carbons (Fsp3) is 0. The van der Waals surface area contributed by atoms with Crippen LogP contribution in [0.25, 0.3) is 121 Å². The van der Waals surface area contributed by atoms with Crippen LogP contribution in [0.15, 0.2) is 194 Å². The first-order chi connectivity index (χ1) is 28.7. The highest BCUT2D eigenvalue weighted by atomic mass is 14.8. The average Bonchev–Trinajstić information content (AvgIpc) is 3.30. The van der Waals surface area contributed by atoms with Crippen molar-refractivity contribution in [3.63, 3.8) is 0 Å². The van der Waals surface area contributed by atoms with Gasteiger partial charge in [0.05, 0.1) is 39.1 Å². The standard InChI is InChI=1S/C54H32N4/c1-2-10-40-38(8-1)31-47(44-14-6-3-11-41(40)44)51-28-22-39-30-36(21-25-48(39)56-51)37-18-15-33-19-26-49(57-52(33)32-37)45-23-24-46(43-13-5-4-12-42(43)45)50-27-20-35-17-16-34-9-7-29-55-53(34)54(35)58-50/h1-32H. The lowest BCUT2D eigenvalue weighted by Gasteiger charge is -2.13. The molecule has 4 nitrogen and oxygen atoms in total. The first kappa shape index (κ1) is 32.4. The minimum atomic E-state index is 0.915. The number of benzene rings is 8. The molecule has 58 heavy (non-hydrogen) atoms. The van der Waals surface area contributed by atoms with Gasteiger partial charge in [0, 0.05) is 44.4 Å². The summed E-state index contributed by atoms with van der Waals surface area (Å²) in [5.41, 5.74) is 12.2. The molecule has 0 saturated heterocycles. The van der Waals surface area contributed by atoms with Gasteiger partial charge in [-0.05, 0) is 92.0 Å². The number of pyridine rings is 4. The van der Waals surface area contributed by atoms with Gasteiger partial charge in [-0.2, -0.15) is 0 Å². The van der Waals surface area contributed by atoms with E-state index in [0.29, 0.717) is 0 Å². The normalized spacial score (nSPS) is 11.8. The monoisotopic (exact) mass is 736 g/mol. The zero-order valence-electron chi connectivity index (χ0n) is 31.3. The zero-order chi connectivity index (χ0) is 38.2. The second-order valence-electron chi connectivity index (χ2n) is 15.0. The van der Waals surface area contributed by atoms with E-state index in [1.165, 1.54) is 21.5 Å². The molecule has 0 N–H and O–H groups in total. The summed E-state index contributed by atoms with van der Waals surface area (Å²) in [7, 11) is 0. The summed E-state index contributed by atoms with van der Waals surface area (Å²) < 4.78 is 0. The molecular weight excluding hydrogens is 705 g/mol. The van der Waals surface area contributed by atoms with Crippen molar-refractivity contribution in [2.24, 2.45) is 0 Å². The van der Waals surface area contributed by atoms with Gasteiger partial charge in [-0.15, -0.1) is 0 Å². The van der Waals surface area contributed by atoms with Crippen molar-refractivity contribution >= 4 is 75.9 Å². The van der Waals surface area contributed by atoms with Crippen molar-refractivity contribution in [2.75, 3.05) is 0 Å². The highest BCUT2D eigenvalue weighted by Gasteiger charge is 2.15. The van der Waals surface area contributed by atoms with Gasteiger partial charge in [0.25, 0.3) is 0 Å². The van der Waals surface area contributed by atoms with E-state index in [4.69, 9.17) is 15.0 Å². The third kappa shape index (κ3) is 5.23. The molecule has 0 radical (unpaired) electrons. The molecule has 0 spiro atoms. The molecule has 0 bridgehead atoms. The van der Waals surface area contributed by atoms with E-state index in [2.05, 4.69) is 187 Å². The highest BCUT2D eigenvalue weighted by Crippen LogP contribution is 2.38. The lowest BCUT2D eigenvalue weighted by Crippen LogP contribution is -1.92. The highest BCUT2D eigenvalue weighted by molar-refractivity contribution is 6.14. The van der Waals surface area contributed by atoms with Gasteiger partial charge in [-0.25, -0.2) is 15.0 Å². The van der Waals surface area contributed by atoms with Crippen LogP contribution in [0.2, 0.25) is 0 Å². The lowest BCUT2D eigenvalue weighted by molar-refractivity contribution is 1.37. The molecule has 0 unspecified atom stereocenters. The van der Waals surface area contributed by atoms with Crippen LogP contribution < -0.4 is 0 Å². The third-order valence-corrected chi connectivity index (χ3v) is 11.7. The summed E-state index contributed by atoms with van der Waals surface area (Å²) in [4.78, 5) is 20.3. The minimum Gasteiger partial charge on any atom is -0.254 e. The molecule has 0 saturated carbocycles. The molecule has 0 fully saturated rings. The Labute approximate surface area is 333 Å². The largest absolute Gasteiger partial charge is 0.254 e. The van der Waals surface area contributed by atoms with Crippen LogP contribution in [-0.2, 0) is 0 Å². The van der Waals surface area contributed by atoms with Gasteiger partial charge in [-0.3, -0.25) is 4.98 Å². The summed E-state index contributed by atoms with van der Waals surface area (Å²) in [5.74, 6) is 0. The molecule has 0 atom stereocenters. The van der Waals surface area contributed by atoms with Crippen molar-refractivity contribution in [1.29, 1.82) is 0 Å². The average molecular weight is 737 g/mol. The molecule has 0 amide bonds. The summed E-state index contributed by atoms with van der Waals surface area (Å²) in [5, 5.41) is 11.6. The maximum atomic E-state index is 5.28. The van der Waals surface area contributed by atoms with E-state index in [9.17, 15) is 0 Å². The van der Waals surface area contributed by atoms with Gasteiger partial charge >= 0.3 is 0 Å². The number of nitrogens with zero attached hydrogens (tertiary/aromatic N) is 4. The molecule has 4 heterocycles. The van der Waals surface area contributed by atoms with Crippen LogP contribution >= 0.6 is 0 Å². The zero-order valence-corrected chi connectivity index (χ0v) is 31.3. The summed E-state index contributed by atoms with van der Waals surface area (Å²) in [6.07, 6.45) is 1.84. The Morgan fingerprint density at radius 3 is 1.60 bits per heavy atom. The SMILES string of the molecule is c1ccc2c(c1)cc(-c1ccc3cc(-c4ccc5ccc(-c6ccc(-c7ccc8ccc9cccnc9c8n7)c7ccccc67)nc5c4)ccc3n1)c1ccccc12. The predicted molar refractivity (Wildman–Crippen MR) is 242 cm³/mol. The topological polar surface area (TPSA) is 51.6 Å². The van der Waals surface area contributed by atoms with Crippen molar-refractivity contribution in [2.45, 2.75) is 0 Å². The Morgan fingerprint density at radius 1 is 0.276 bits per heavy atom. The molecule has 0 aliphatic heterocycles. The van der Waals surface area contributed by atoms with Gasteiger partial charge in [0.15, 0.2) is 0 Å². The number of hydrogen-bond donors (Lipinski definition) is 0. The predicted octanol–water partition coefficient (Wildman–Crippen LogP) is 14.0. The fourth-order valence-corrected chi connectivity index (χ4v) is 8.79. The van der Waals surface area contributed by atoms with Crippen LogP contribution in [0.1, 0.15) is 0 Å². The molecule has 0 aliphatic rings. The van der Waals surface area contributed by atoms with E-state index < -0.39 is 0 Å². The molecule has 0 aliphatic carbocycles. The molecule has 12 aromatic rings. The van der Waals surface area contributed by atoms with Crippen molar-refractivity contribution < 1.29 is 0 Å². The molecule has 4 heteroatoms. The number of fused-ring (bicyclic) bond motifs is 9. The summed E-state index contributed by atoms with van der Waals surface area (Å²) in [6, 6.07) is 66.8. The maximum absolute atomic E-state index is 5.28. The maximum Gasteiger partial charge on any atom is 0.0972 e. The Hall–Kier alpha value is -7.82. The van der Waals surface area contributed by atoms with Gasteiger partial charge in [0.1, 0.15) is 0 Å². The van der Waals surface area contributed by atoms with Gasteiger partial charge in [-0.1, -0.05) is 140 Å². The fourth-order valence-electron chi connectivity index (χ4n) is 8.79. The van der Waals surface area contributed by atoms with E-state index >= 15 is 0 Å². The molecule has 12 rings (SSSR count). The van der Waals surface area contributed by atoms with Crippen LogP contribution in [0, 0.1) is 0 Å². The quantitative estimate of drug-likeness (QED) is 0.169. The first-order valence-electron chi connectivity index (χ1n) is 19.6. The van der Waals surface area contributed by atoms with E-state index in [1.54, 1.807) is 0 Å². The van der Waals surface area contributed by atoms with Gasteiger partial charge in [0.2, 0.25) is 0 Å². The Kier molecular flexibility index (Phi) is 7.20. The van der Waals surface area contributed by atoms with Crippen LogP contribution in [-0.4, -0.2) is 19.9 Å². The second-order valence-corrected chi connectivity index (χ2v) is 15.0. The Morgan fingerprint density at radius 2 is 0.810 bits per heavy atom. The third-order valence-electron chi connectivity index (χ3n) is 11.7. The van der Waals surface area contributed by atoms with Crippen molar-refractivity contribution in [3.05, 3.63) is 194 Å². The second kappa shape index (κ2) is 12.9. The van der Waals surface area contributed by atoms with E-state index in [0.717, 1.165) is 99.3 Å². The lowest BCUT2D eigenvalue weighted by atomic mass is 9.94. The van der Waals surface area contributed by atoms with Crippen LogP contribution in [0.4, 0.5) is 0 Å². The van der Waals surface area contributed by atoms with E-state index in [1.807, 2.05) is 12.3 Å². The minimum absolute atomic E-state index is 0.915. The van der Waals surface area contributed by atoms with Crippen LogP contribution in [0.5, 0.6) is 0 Å². The first-order valence-corrected chi connectivity index (χ1v) is 19.6.